The second kappa shape index (κ2) is 9.72. The topological polar surface area (TPSA) is 62.5 Å². The molecule has 1 aromatic heterocycles. The average Bonchev–Trinajstić information content (AvgIpc) is 2.76. The highest BCUT2D eigenvalue weighted by atomic mass is 16.2. The van der Waals surface area contributed by atoms with Crippen LogP contribution in [0.1, 0.15) is 38.2 Å². The van der Waals surface area contributed by atoms with Crippen molar-refractivity contribution in [2.75, 3.05) is 25.5 Å². The van der Waals surface area contributed by atoms with Gasteiger partial charge in [0.05, 0.1) is 11.9 Å². The Labute approximate surface area is 179 Å². The minimum Gasteiger partial charge on any atom is -0.351 e. The predicted molar refractivity (Wildman–Crippen MR) is 125 cm³/mol. The second-order valence-corrected chi connectivity index (χ2v) is 7.97. The third-order valence-corrected chi connectivity index (χ3v) is 6.18. The van der Waals surface area contributed by atoms with Gasteiger partial charge in [-0.3, -0.25) is 14.8 Å². The molecule has 2 aromatic carbocycles. The molecule has 2 amide bonds. The first-order valence-corrected chi connectivity index (χ1v) is 10.6. The zero-order valence-electron chi connectivity index (χ0n) is 18.2. The Morgan fingerprint density at radius 3 is 2.37 bits per heavy atom. The van der Waals surface area contributed by atoms with Gasteiger partial charge in [0.15, 0.2) is 0 Å². The number of hydrogen-bond acceptors (Lipinski definition) is 3. The third kappa shape index (κ3) is 4.46. The molecule has 0 saturated heterocycles. The molecular weight excluding hydrogens is 372 g/mol. The van der Waals surface area contributed by atoms with Gasteiger partial charge in [-0.05, 0) is 45.3 Å². The van der Waals surface area contributed by atoms with Crippen LogP contribution in [0.15, 0.2) is 67.0 Å². The molecule has 0 saturated carbocycles. The van der Waals surface area contributed by atoms with Crippen LogP contribution in [0.3, 0.4) is 0 Å². The van der Waals surface area contributed by atoms with Gasteiger partial charge in [-0.15, -0.1) is 0 Å². The summed E-state index contributed by atoms with van der Waals surface area (Å²) in [6, 6.07) is 18.2. The maximum atomic E-state index is 12.2. The van der Waals surface area contributed by atoms with Crippen molar-refractivity contribution in [1.29, 1.82) is 0 Å². The van der Waals surface area contributed by atoms with Crippen molar-refractivity contribution in [3.8, 4) is 0 Å². The lowest BCUT2D eigenvalue weighted by Gasteiger charge is -2.40. The first-order valence-electron chi connectivity index (χ1n) is 10.6. The lowest BCUT2D eigenvalue weighted by Crippen LogP contribution is -2.41. The van der Waals surface area contributed by atoms with Gasteiger partial charge in [-0.25, -0.2) is 4.79 Å². The Balaban J connectivity index is 1.74. The molecular formula is C25H32N4O. The van der Waals surface area contributed by atoms with Gasteiger partial charge < -0.3 is 5.73 Å². The molecule has 0 radical (unpaired) electrons. The molecule has 2 N–H and O–H groups in total. The van der Waals surface area contributed by atoms with E-state index in [0.29, 0.717) is 6.54 Å². The largest absolute Gasteiger partial charge is 0.351 e. The smallest absolute Gasteiger partial charge is 0.319 e. The number of unbranched alkanes of at least 4 members (excludes halogenated alkanes) is 1. The van der Waals surface area contributed by atoms with Crippen LogP contribution in [0, 0.1) is 0 Å². The van der Waals surface area contributed by atoms with Crippen LogP contribution in [-0.2, 0) is 5.54 Å². The Morgan fingerprint density at radius 1 is 1.00 bits per heavy atom. The summed E-state index contributed by atoms with van der Waals surface area (Å²) >= 11 is 0. The quantitative estimate of drug-likeness (QED) is 0.501. The molecule has 5 heteroatoms. The Morgan fingerprint density at radius 2 is 1.70 bits per heavy atom. The number of hydrogen-bond donors (Lipinski definition) is 1. The SMILES string of the molecule is CC[C@](CCCCN(C(N)=O)c1cncc2ccccc12)(c1ccccc1)N(C)C. The zero-order chi connectivity index (χ0) is 21.6. The van der Waals surface area contributed by atoms with Crippen molar-refractivity contribution >= 4 is 22.5 Å². The lowest BCUT2D eigenvalue weighted by atomic mass is 9.81. The van der Waals surface area contributed by atoms with E-state index in [4.69, 9.17) is 5.73 Å². The molecule has 30 heavy (non-hydrogen) atoms. The number of benzene rings is 2. The van der Waals surface area contributed by atoms with E-state index in [1.165, 1.54) is 5.56 Å². The van der Waals surface area contributed by atoms with Crippen LogP contribution >= 0.6 is 0 Å². The maximum Gasteiger partial charge on any atom is 0.319 e. The Hall–Kier alpha value is -2.92. The highest BCUT2D eigenvalue weighted by molar-refractivity contribution is 6.01. The van der Waals surface area contributed by atoms with E-state index in [1.807, 2.05) is 30.5 Å². The van der Waals surface area contributed by atoms with Crippen LogP contribution in [0.25, 0.3) is 10.8 Å². The number of amides is 2. The molecule has 5 nitrogen and oxygen atoms in total. The first-order chi connectivity index (χ1) is 14.5. The van der Waals surface area contributed by atoms with Crippen LogP contribution in [0.2, 0.25) is 0 Å². The number of aromatic nitrogens is 1. The molecule has 0 bridgehead atoms. The number of nitrogens with two attached hydrogens (primary N) is 1. The molecule has 3 aromatic rings. The van der Waals surface area contributed by atoms with Crippen LogP contribution in [-0.4, -0.2) is 36.6 Å². The summed E-state index contributed by atoms with van der Waals surface area (Å²) in [6.45, 7) is 2.82. The normalized spacial score (nSPS) is 13.3. The summed E-state index contributed by atoms with van der Waals surface area (Å²) in [4.78, 5) is 20.5. The van der Waals surface area contributed by atoms with E-state index in [2.05, 4.69) is 61.2 Å². The van der Waals surface area contributed by atoms with Crippen molar-refractivity contribution in [2.45, 2.75) is 38.1 Å². The van der Waals surface area contributed by atoms with Crippen molar-refractivity contribution in [3.05, 3.63) is 72.6 Å². The number of primary amides is 1. The zero-order valence-corrected chi connectivity index (χ0v) is 18.2. The Bertz CT molecular complexity index is 968. The number of fused-ring (bicyclic) bond motifs is 1. The number of rotatable bonds is 9. The predicted octanol–water partition coefficient (Wildman–Crippen LogP) is 5.16. The van der Waals surface area contributed by atoms with E-state index >= 15 is 0 Å². The fourth-order valence-corrected chi connectivity index (χ4v) is 4.42. The standard InChI is InChI=1S/C25H32N4O/c1-4-25(28(2)3,21-13-6-5-7-14-21)16-10-11-17-29(24(26)30)23-19-27-18-20-12-8-9-15-22(20)23/h5-9,12-15,18-19H,4,10-11,16-17H2,1-3H3,(H2,26,30)/t25-/m0/s1. The van der Waals surface area contributed by atoms with Gasteiger partial charge in [0.25, 0.3) is 0 Å². The molecule has 158 valence electrons. The molecule has 3 rings (SSSR count). The van der Waals surface area contributed by atoms with Crippen molar-refractivity contribution < 1.29 is 4.79 Å². The summed E-state index contributed by atoms with van der Waals surface area (Å²) in [5.74, 6) is 0. The van der Waals surface area contributed by atoms with Crippen molar-refractivity contribution in [3.63, 3.8) is 0 Å². The summed E-state index contributed by atoms with van der Waals surface area (Å²) in [7, 11) is 4.29. The molecule has 0 spiro atoms. The monoisotopic (exact) mass is 404 g/mol. The van der Waals surface area contributed by atoms with E-state index in [1.54, 1.807) is 11.1 Å². The fraction of sp³-hybridized carbons (Fsp3) is 0.360. The minimum absolute atomic E-state index is 0.0141. The molecule has 0 aliphatic rings. The lowest BCUT2D eigenvalue weighted by molar-refractivity contribution is 0.128. The van der Waals surface area contributed by atoms with E-state index in [0.717, 1.165) is 42.1 Å². The van der Waals surface area contributed by atoms with Crippen molar-refractivity contribution in [1.82, 2.24) is 9.88 Å². The van der Waals surface area contributed by atoms with Crippen molar-refractivity contribution in [2.24, 2.45) is 5.73 Å². The summed E-state index contributed by atoms with van der Waals surface area (Å²) in [5, 5.41) is 2.00. The van der Waals surface area contributed by atoms with Crippen LogP contribution in [0.4, 0.5) is 10.5 Å². The molecule has 1 heterocycles. The van der Waals surface area contributed by atoms with Gasteiger partial charge in [-0.2, -0.15) is 0 Å². The number of urea groups is 1. The number of carbonyl (C=O) groups is 1. The maximum absolute atomic E-state index is 12.2. The molecule has 0 fully saturated rings. The van der Waals surface area contributed by atoms with E-state index < -0.39 is 6.03 Å². The highest BCUT2D eigenvalue weighted by Crippen LogP contribution is 2.35. The van der Waals surface area contributed by atoms with Gasteiger partial charge in [0.1, 0.15) is 0 Å². The Kier molecular flexibility index (Phi) is 7.06. The summed E-state index contributed by atoms with van der Waals surface area (Å²) in [6.07, 6.45) is 7.44. The first kappa shape index (κ1) is 21.8. The molecule has 0 aliphatic heterocycles. The number of pyridine rings is 1. The molecule has 1 atom stereocenters. The highest BCUT2D eigenvalue weighted by Gasteiger charge is 2.32. The number of nitrogens with zero attached hydrogens (tertiary/aromatic N) is 3. The van der Waals surface area contributed by atoms with Gasteiger partial charge in [0, 0.05) is 29.1 Å². The second-order valence-electron chi connectivity index (χ2n) is 7.97. The average molecular weight is 405 g/mol. The van der Waals surface area contributed by atoms with Crippen LogP contribution < -0.4 is 10.6 Å². The fourth-order valence-electron chi connectivity index (χ4n) is 4.42. The van der Waals surface area contributed by atoms with Gasteiger partial charge in [0.2, 0.25) is 0 Å². The minimum atomic E-state index is -0.439. The van der Waals surface area contributed by atoms with Crippen LogP contribution in [0.5, 0.6) is 0 Å². The molecule has 0 aliphatic carbocycles. The summed E-state index contributed by atoms with van der Waals surface area (Å²) in [5.41, 5.74) is 7.84. The van der Waals surface area contributed by atoms with E-state index in [9.17, 15) is 4.79 Å². The molecule has 0 unspecified atom stereocenters. The van der Waals surface area contributed by atoms with Gasteiger partial charge >= 0.3 is 6.03 Å². The summed E-state index contributed by atoms with van der Waals surface area (Å²) < 4.78 is 0. The third-order valence-electron chi connectivity index (χ3n) is 6.18. The number of carbonyl (C=O) groups excluding carboxylic acids is 1. The number of anilines is 1. The van der Waals surface area contributed by atoms with E-state index in [-0.39, 0.29) is 5.54 Å². The van der Waals surface area contributed by atoms with Gasteiger partial charge in [-0.1, -0.05) is 61.5 Å².